The van der Waals surface area contributed by atoms with Crippen molar-refractivity contribution < 1.29 is 18.3 Å². The quantitative estimate of drug-likeness (QED) is 0.582. The van der Waals surface area contributed by atoms with Gasteiger partial charge in [0.25, 0.3) is 10.0 Å². The predicted molar refractivity (Wildman–Crippen MR) is 110 cm³/mol. The molecule has 0 aliphatic heterocycles. The van der Waals surface area contributed by atoms with Gasteiger partial charge < -0.3 is 9.84 Å². The lowest BCUT2D eigenvalue weighted by Gasteiger charge is -2.09. The molecule has 0 saturated heterocycles. The van der Waals surface area contributed by atoms with Crippen LogP contribution in [0.5, 0.6) is 11.5 Å². The number of hydrogen-bond donors (Lipinski definition) is 2. The van der Waals surface area contributed by atoms with Gasteiger partial charge in [-0.25, -0.2) is 8.42 Å². The van der Waals surface area contributed by atoms with Crippen molar-refractivity contribution in [2.75, 3.05) is 11.3 Å². The minimum absolute atomic E-state index is 0.128. The fraction of sp³-hybridized carbons (Fsp3) is 0.0952. The van der Waals surface area contributed by atoms with E-state index in [2.05, 4.69) is 9.71 Å². The maximum absolute atomic E-state index is 12.5. The summed E-state index contributed by atoms with van der Waals surface area (Å²) in [5.74, 6) is 0.808. The summed E-state index contributed by atoms with van der Waals surface area (Å²) in [6, 6.07) is 19.7. The highest BCUT2D eigenvalue weighted by molar-refractivity contribution is 7.92. The lowest BCUT2D eigenvalue weighted by Crippen LogP contribution is -2.12. The smallest absolute Gasteiger partial charge is 0.261 e. The average Bonchev–Trinajstić information content (AvgIpc) is 2.69. The number of hydrogen-bond acceptors (Lipinski definition) is 5. The van der Waals surface area contributed by atoms with E-state index in [4.69, 9.17) is 4.74 Å². The molecule has 6 nitrogen and oxygen atoms in total. The number of phenolic OH excluding ortho intramolecular Hbond substituents is 1. The van der Waals surface area contributed by atoms with Gasteiger partial charge in [-0.1, -0.05) is 12.1 Å². The lowest BCUT2D eigenvalue weighted by molar-refractivity contribution is 0.340. The van der Waals surface area contributed by atoms with E-state index >= 15 is 0 Å². The minimum atomic E-state index is -3.71. The first-order valence-corrected chi connectivity index (χ1v) is 10.1. The van der Waals surface area contributed by atoms with Crippen LogP contribution in [0.4, 0.5) is 11.4 Å². The molecule has 3 aromatic rings. The van der Waals surface area contributed by atoms with E-state index in [1.165, 1.54) is 18.3 Å². The van der Waals surface area contributed by atoms with E-state index in [9.17, 15) is 13.5 Å². The Balaban J connectivity index is 1.72. The Hall–Kier alpha value is -3.32. The summed E-state index contributed by atoms with van der Waals surface area (Å²) in [6.07, 6.45) is 1.52. The molecule has 0 heterocycles. The second kappa shape index (κ2) is 8.58. The summed E-state index contributed by atoms with van der Waals surface area (Å²) < 4.78 is 32.9. The second-order valence-corrected chi connectivity index (χ2v) is 7.56. The normalized spacial score (nSPS) is 11.5. The van der Waals surface area contributed by atoms with Gasteiger partial charge in [0.2, 0.25) is 0 Å². The fourth-order valence-electron chi connectivity index (χ4n) is 2.45. The number of aliphatic imine (C=N–C) groups is 1. The zero-order valence-corrected chi connectivity index (χ0v) is 16.1. The van der Waals surface area contributed by atoms with Crippen LogP contribution in [0.3, 0.4) is 0 Å². The molecule has 0 unspecified atom stereocenters. The number of nitrogens with zero attached hydrogens (tertiary/aromatic N) is 1. The molecule has 0 bridgehead atoms. The highest BCUT2D eigenvalue weighted by atomic mass is 32.2. The summed E-state index contributed by atoms with van der Waals surface area (Å²) >= 11 is 0. The summed E-state index contributed by atoms with van der Waals surface area (Å²) in [6.45, 7) is 2.43. The number of nitrogens with one attached hydrogen (secondary N) is 1. The monoisotopic (exact) mass is 396 g/mol. The van der Waals surface area contributed by atoms with Crippen molar-refractivity contribution in [1.82, 2.24) is 0 Å². The molecule has 7 heteroatoms. The van der Waals surface area contributed by atoms with Crippen LogP contribution in [0.15, 0.2) is 82.7 Å². The van der Waals surface area contributed by atoms with Crippen molar-refractivity contribution in [2.24, 2.45) is 4.99 Å². The molecule has 0 fully saturated rings. The first-order valence-electron chi connectivity index (χ1n) is 8.66. The molecular formula is C21H20N2O4S. The van der Waals surface area contributed by atoms with Gasteiger partial charge in [0.15, 0.2) is 0 Å². The van der Waals surface area contributed by atoms with E-state index in [1.54, 1.807) is 60.7 Å². The molecule has 3 aromatic carbocycles. The van der Waals surface area contributed by atoms with Gasteiger partial charge in [0, 0.05) is 17.5 Å². The molecule has 2 N–H and O–H groups in total. The number of sulfonamides is 1. The highest BCUT2D eigenvalue weighted by Gasteiger charge is 2.14. The molecular weight excluding hydrogens is 376 g/mol. The summed E-state index contributed by atoms with van der Waals surface area (Å²) in [4.78, 5) is 4.39. The Bertz CT molecular complexity index is 1060. The molecule has 0 aliphatic rings. The largest absolute Gasteiger partial charge is 0.507 e. The van der Waals surface area contributed by atoms with Gasteiger partial charge in [0.1, 0.15) is 11.5 Å². The molecule has 0 atom stereocenters. The number of ether oxygens (including phenoxy) is 1. The average molecular weight is 396 g/mol. The Morgan fingerprint density at radius 3 is 2.32 bits per heavy atom. The maximum Gasteiger partial charge on any atom is 0.261 e. The van der Waals surface area contributed by atoms with E-state index in [0.717, 1.165) is 0 Å². The van der Waals surface area contributed by atoms with Crippen LogP contribution < -0.4 is 9.46 Å². The summed E-state index contributed by atoms with van der Waals surface area (Å²) in [7, 11) is -3.71. The van der Waals surface area contributed by atoms with Gasteiger partial charge in [-0.05, 0) is 67.6 Å². The van der Waals surface area contributed by atoms with Gasteiger partial charge in [-0.15, -0.1) is 0 Å². The van der Waals surface area contributed by atoms with Crippen molar-refractivity contribution in [3.8, 4) is 11.5 Å². The number of benzene rings is 3. The van der Waals surface area contributed by atoms with Gasteiger partial charge in [-0.3, -0.25) is 9.71 Å². The van der Waals surface area contributed by atoms with Crippen LogP contribution in [0.25, 0.3) is 0 Å². The molecule has 0 saturated carbocycles. The number of aromatic hydroxyl groups is 1. The molecule has 0 aliphatic carbocycles. The number of anilines is 1. The Labute approximate surface area is 164 Å². The fourth-order valence-corrected chi connectivity index (χ4v) is 3.51. The molecule has 0 radical (unpaired) electrons. The highest BCUT2D eigenvalue weighted by Crippen LogP contribution is 2.22. The SMILES string of the molecule is CCOc1ccc(NS(=O)(=O)c2ccc(N=Cc3ccccc3O)cc2)cc1. The van der Waals surface area contributed by atoms with E-state index in [0.29, 0.717) is 29.3 Å². The third-order valence-corrected chi connectivity index (χ3v) is 5.25. The Kier molecular flexibility index (Phi) is 5.96. The van der Waals surface area contributed by atoms with Crippen molar-refractivity contribution in [3.63, 3.8) is 0 Å². The third-order valence-electron chi connectivity index (χ3n) is 3.85. The molecule has 0 amide bonds. The van der Waals surface area contributed by atoms with Gasteiger partial charge in [0.05, 0.1) is 17.2 Å². The standard InChI is InChI=1S/C21H20N2O4S/c1-2-27-19-11-7-18(8-12-19)23-28(25,26)20-13-9-17(10-14-20)22-15-16-5-3-4-6-21(16)24/h3-15,23-24H,2H2,1H3. The van der Waals surface area contributed by atoms with Crippen LogP contribution in [-0.4, -0.2) is 26.3 Å². The number of rotatable bonds is 7. The van der Waals surface area contributed by atoms with Crippen LogP contribution in [0.2, 0.25) is 0 Å². The second-order valence-electron chi connectivity index (χ2n) is 5.87. The summed E-state index contributed by atoms with van der Waals surface area (Å²) in [5.41, 5.74) is 1.60. The van der Waals surface area contributed by atoms with Gasteiger partial charge in [-0.2, -0.15) is 0 Å². The van der Waals surface area contributed by atoms with Crippen LogP contribution in [-0.2, 0) is 10.0 Å². The molecule has 0 spiro atoms. The van der Waals surface area contributed by atoms with E-state index < -0.39 is 10.0 Å². The van der Waals surface area contributed by atoms with Crippen LogP contribution >= 0.6 is 0 Å². The van der Waals surface area contributed by atoms with E-state index in [1.807, 2.05) is 6.92 Å². The lowest BCUT2D eigenvalue weighted by atomic mass is 10.2. The summed E-state index contributed by atoms with van der Waals surface area (Å²) in [5, 5.41) is 9.74. The van der Waals surface area contributed by atoms with Crippen molar-refractivity contribution in [1.29, 1.82) is 0 Å². The zero-order valence-electron chi connectivity index (χ0n) is 15.2. The molecule has 28 heavy (non-hydrogen) atoms. The first-order chi connectivity index (χ1) is 13.5. The predicted octanol–water partition coefficient (Wildman–Crippen LogP) is 4.34. The van der Waals surface area contributed by atoms with Crippen molar-refractivity contribution in [3.05, 3.63) is 78.4 Å². The number of phenols is 1. The third kappa shape index (κ3) is 4.89. The van der Waals surface area contributed by atoms with E-state index in [-0.39, 0.29) is 10.6 Å². The van der Waals surface area contributed by atoms with Crippen LogP contribution in [0, 0.1) is 0 Å². The zero-order chi connectivity index (χ0) is 20.0. The molecule has 3 rings (SSSR count). The first kappa shape index (κ1) is 19.4. The maximum atomic E-state index is 12.5. The van der Waals surface area contributed by atoms with Crippen molar-refractivity contribution in [2.45, 2.75) is 11.8 Å². The molecule has 0 aromatic heterocycles. The van der Waals surface area contributed by atoms with Crippen LogP contribution in [0.1, 0.15) is 12.5 Å². The minimum Gasteiger partial charge on any atom is -0.507 e. The number of para-hydroxylation sites is 1. The Morgan fingerprint density at radius 2 is 1.68 bits per heavy atom. The Morgan fingerprint density at radius 1 is 1.00 bits per heavy atom. The van der Waals surface area contributed by atoms with Crippen molar-refractivity contribution >= 4 is 27.6 Å². The molecule has 144 valence electrons. The van der Waals surface area contributed by atoms with Gasteiger partial charge >= 0.3 is 0 Å². The topological polar surface area (TPSA) is 88.0 Å².